The SMILES string of the molecule is C=CCCCCCCCCCOc1cccc(OCCCCCCCCCP(=O)(O)O)c1-c1ccccc1. The number of allylic oxidation sites excluding steroid dienone is 1. The highest BCUT2D eigenvalue weighted by atomic mass is 31.2. The van der Waals surface area contributed by atoms with Crippen LogP contribution >= 0.6 is 7.60 Å². The summed E-state index contributed by atoms with van der Waals surface area (Å²) in [4.78, 5) is 17.8. The Morgan fingerprint density at radius 3 is 1.61 bits per heavy atom. The molecule has 0 fully saturated rings. The third kappa shape index (κ3) is 14.8. The maximum absolute atomic E-state index is 10.9. The van der Waals surface area contributed by atoms with Crippen LogP contribution in [-0.4, -0.2) is 29.2 Å². The second-order valence-electron chi connectivity index (χ2n) is 10.1. The minimum Gasteiger partial charge on any atom is -0.493 e. The zero-order valence-corrected chi connectivity index (χ0v) is 24.1. The van der Waals surface area contributed by atoms with Gasteiger partial charge in [-0.25, -0.2) is 0 Å². The first-order valence-electron chi connectivity index (χ1n) is 14.6. The molecule has 0 aromatic heterocycles. The highest BCUT2D eigenvalue weighted by Crippen LogP contribution is 2.39. The Kier molecular flexibility index (Phi) is 16.9. The average molecular weight is 545 g/mol. The maximum atomic E-state index is 10.9. The van der Waals surface area contributed by atoms with E-state index < -0.39 is 7.60 Å². The highest BCUT2D eigenvalue weighted by Gasteiger charge is 2.14. The van der Waals surface area contributed by atoms with Crippen molar-refractivity contribution in [1.82, 2.24) is 0 Å². The Morgan fingerprint density at radius 1 is 0.632 bits per heavy atom. The Morgan fingerprint density at radius 2 is 1.11 bits per heavy atom. The summed E-state index contributed by atoms with van der Waals surface area (Å²) >= 11 is 0. The number of unbranched alkanes of at least 4 members (excludes halogenated alkanes) is 13. The molecule has 6 heteroatoms. The molecule has 0 saturated heterocycles. The van der Waals surface area contributed by atoms with Gasteiger partial charge in [-0.3, -0.25) is 4.57 Å². The van der Waals surface area contributed by atoms with Gasteiger partial charge in [0.25, 0.3) is 0 Å². The van der Waals surface area contributed by atoms with Crippen molar-refractivity contribution in [2.75, 3.05) is 19.4 Å². The Hall–Kier alpha value is -2.07. The van der Waals surface area contributed by atoms with Gasteiger partial charge in [-0.1, -0.05) is 107 Å². The van der Waals surface area contributed by atoms with Gasteiger partial charge in [-0.15, -0.1) is 6.58 Å². The minimum atomic E-state index is -3.84. The topological polar surface area (TPSA) is 76.0 Å². The van der Waals surface area contributed by atoms with Gasteiger partial charge in [0.15, 0.2) is 0 Å². The molecule has 0 heterocycles. The van der Waals surface area contributed by atoms with Gasteiger partial charge in [-0.05, 0) is 49.8 Å². The summed E-state index contributed by atoms with van der Waals surface area (Å²) in [6, 6.07) is 16.4. The van der Waals surface area contributed by atoms with E-state index in [2.05, 4.69) is 18.7 Å². The van der Waals surface area contributed by atoms with E-state index in [1.54, 1.807) is 0 Å². The van der Waals surface area contributed by atoms with Gasteiger partial charge in [0.1, 0.15) is 11.5 Å². The van der Waals surface area contributed by atoms with E-state index in [0.717, 1.165) is 74.0 Å². The van der Waals surface area contributed by atoms with Gasteiger partial charge < -0.3 is 19.3 Å². The quantitative estimate of drug-likeness (QED) is 0.0828. The summed E-state index contributed by atoms with van der Waals surface area (Å²) in [6.07, 6.45) is 18.6. The lowest BCUT2D eigenvalue weighted by atomic mass is 10.0. The van der Waals surface area contributed by atoms with Crippen LogP contribution in [0.1, 0.15) is 96.3 Å². The first kappa shape index (κ1) is 32.1. The highest BCUT2D eigenvalue weighted by molar-refractivity contribution is 7.51. The van der Waals surface area contributed by atoms with Crippen LogP contribution in [-0.2, 0) is 4.57 Å². The molecule has 0 amide bonds. The molecule has 5 nitrogen and oxygen atoms in total. The van der Waals surface area contributed by atoms with Crippen molar-refractivity contribution in [1.29, 1.82) is 0 Å². The van der Waals surface area contributed by atoms with E-state index in [4.69, 9.17) is 19.3 Å². The standard InChI is InChI=1S/C32H49O5P/c1-2-3-4-5-6-7-9-12-18-26-36-30-24-21-25-31(32(30)29-22-16-15-17-23-29)37-27-19-13-10-8-11-14-20-28-38(33,34)35/h2,15-17,21-25H,1,3-14,18-20,26-28H2,(H2,33,34,35). The number of hydrogen-bond acceptors (Lipinski definition) is 3. The van der Waals surface area contributed by atoms with E-state index in [1.807, 2.05) is 42.5 Å². The number of rotatable bonds is 23. The third-order valence-electron chi connectivity index (χ3n) is 6.71. The second-order valence-corrected chi connectivity index (χ2v) is 11.9. The fourth-order valence-corrected chi connectivity index (χ4v) is 5.22. The summed E-state index contributed by atoms with van der Waals surface area (Å²) < 4.78 is 23.4. The van der Waals surface area contributed by atoms with Crippen molar-refractivity contribution >= 4 is 7.60 Å². The van der Waals surface area contributed by atoms with Gasteiger partial charge in [-0.2, -0.15) is 0 Å². The zero-order valence-electron chi connectivity index (χ0n) is 23.2. The molecule has 2 aromatic rings. The molecule has 0 saturated carbocycles. The fraction of sp³-hybridized carbons (Fsp3) is 0.562. The summed E-state index contributed by atoms with van der Waals surface area (Å²) in [5.74, 6) is 1.75. The molecular formula is C32H49O5P. The van der Waals surface area contributed by atoms with Gasteiger partial charge in [0.2, 0.25) is 0 Å². The third-order valence-corrected chi connectivity index (χ3v) is 7.61. The number of benzene rings is 2. The lowest BCUT2D eigenvalue weighted by Gasteiger charge is -2.17. The number of ether oxygens (including phenoxy) is 2. The average Bonchev–Trinajstić information content (AvgIpc) is 2.90. The predicted octanol–water partition coefficient (Wildman–Crippen LogP) is 9.33. The molecule has 0 bridgehead atoms. The van der Waals surface area contributed by atoms with Crippen LogP contribution in [0, 0.1) is 0 Å². The van der Waals surface area contributed by atoms with E-state index >= 15 is 0 Å². The molecule has 2 N–H and O–H groups in total. The molecule has 2 rings (SSSR count). The molecule has 212 valence electrons. The monoisotopic (exact) mass is 544 g/mol. The Balaban J connectivity index is 1.74. The van der Waals surface area contributed by atoms with Crippen LogP contribution in [0.15, 0.2) is 61.2 Å². The van der Waals surface area contributed by atoms with Crippen molar-refractivity contribution in [3.8, 4) is 22.6 Å². The van der Waals surface area contributed by atoms with E-state index in [9.17, 15) is 4.57 Å². The molecule has 0 aliphatic heterocycles. The molecule has 0 aliphatic carbocycles. The van der Waals surface area contributed by atoms with Crippen molar-refractivity contribution in [3.63, 3.8) is 0 Å². The lowest BCUT2D eigenvalue weighted by molar-refractivity contribution is 0.292. The van der Waals surface area contributed by atoms with Crippen molar-refractivity contribution in [2.24, 2.45) is 0 Å². The second kappa shape index (κ2) is 19.9. The fourth-order valence-electron chi connectivity index (χ4n) is 4.58. The van der Waals surface area contributed by atoms with Crippen LogP contribution in [0.5, 0.6) is 11.5 Å². The molecule has 0 spiro atoms. The summed E-state index contributed by atoms with van der Waals surface area (Å²) in [6.45, 7) is 5.16. The summed E-state index contributed by atoms with van der Waals surface area (Å²) in [5.41, 5.74) is 2.13. The van der Waals surface area contributed by atoms with Crippen LogP contribution in [0.3, 0.4) is 0 Å². The smallest absolute Gasteiger partial charge is 0.325 e. The minimum absolute atomic E-state index is 0.00404. The zero-order chi connectivity index (χ0) is 27.3. The van der Waals surface area contributed by atoms with Gasteiger partial charge in [0, 0.05) is 6.16 Å². The number of hydrogen-bond donors (Lipinski definition) is 2. The first-order chi connectivity index (χ1) is 18.5. The maximum Gasteiger partial charge on any atom is 0.325 e. The summed E-state index contributed by atoms with van der Waals surface area (Å²) in [5, 5.41) is 0. The first-order valence-corrected chi connectivity index (χ1v) is 16.4. The molecular weight excluding hydrogens is 495 g/mol. The normalized spacial score (nSPS) is 11.4. The lowest BCUT2D eigenvalue weighted by Crippen LogP contribution is -2.03. The van der Waals surface area contributed by atoms with E-state index in [-0.39, 0.29) is 6.16 Å². The Bertz CT molecular complexity index is 925. The predicted molar refractivity (Wildman–Crippen MR) is 159 cm³/mol. The molecule has 0 radical (unpaired) electrons. The van der Waals surface area contributed by atoms with Crippen LogP contribution in [0.25, 0.3) is 11.1 Å². The van der Waals surface area contributed by atoms with Crippen molar-refractivity contribution < 1.29 is 23.8 Å². The van der Waals surface area contributed by atoms with E-state index in [1.165, 1.54) is 38.5 Å². The van der Waals surface area contributed by atoms with Crippen LogP contribution in [0.2, 0.25) is 0 Å². The van der Waals surface area contributed by atoms with Gasteiger partial charge in [0.05, 0.1) is 18.8 Å². The molecule has 38 heavy (non-hydrogen) atoms. The van der Waals surface area contributed by atoms with Gasteiger partial charge >= 0.3 is 7.60 Å². The van der Waals surface area contributed by atoms with Crippen LogP contribution < -0.4 is 9.47 Å². The molecule has 0 aliphatic rings. The summed E-state index contributed by atoms with van der Waals surface area (Å²) in [7, 11) is -3.84. The van der Waals surface area contributed by atoms with Crippen LogP contribution in [0.4, 0.5) is 0 Å². The molecule has 0 atom stereocenters. The largest absolute Gasteiger partial charge is 0.493 e. The Labute approximate surface area is 230 Å². The van der Waals surface area contributed by atoms with Crippen molar-refractivity contribution in [3.05, 3.63) is 61.2 Å². The molecule has 0 unspecified atom stereocenters. The molecule has 2 aromatic carbocycles. The van der Waals surface area contributed by atoms with E-state index in [0.29, 0.717) is 19.6 Å². The van der Waals surface area contributed by atoms with Crippen molar-refractivity contribution in [2.45, 2.75) is 96.3 Å².